The van der Waals surface area contributed by atoms with Crippen molar-refractivity contribution in [2.45, 2.75) is 0 Å². The minimum atomic E-state index is -0.258. The van der Waals surface area contributed by atoms with E-state index >= 15 is 0 Å². The standard InChI is InChI=1S/C44H25FN2OS/c45-30-23-21-28(22-24-30)35-25-36-39-34(14-8-15-37(39)48-42(36)32-12-5-4-11-31(32)35)41-43-40(33-13-6-7-16-38(33)49-43)46-44(47-41)29-19-17-27(18-20-29)26-9-2-1-3-10-26/h1-25H. The van der Waals surface area contributed by atoms with Gasteiger partial charge >= 0.3 is 0 Å². The third-order valence-electron chi connectivity index (χ3n) is 9.38. The number of halogens is 1. The van der Waals surface area contributed by atoms with E-state index in [9.17, 15) is 4.39 Å². The van der Waals surface area contributed by atoms with Crippen LogP contribution in [0.4, 0.5) is 4.39 Å². The highest BCUT2D eigenvalue weighted by atomic mass is 32.1. The van der Waals surface area contributed by atoms with Crippen LogP contribution in [0.15, 0.2) is 156 Å². The number of furan rings is 1. The predicted molar refractivity (Wildman–Crippen MR) is 201 cm³/mol. The minimum Gasteiger partial charge on any atom is -0.455 e. The Balaban J connectivity index is 1.26. The smallest absolute Gasteiger partial charge is 0.160 e. The van der Waals surface area contributed by atoms with Gasteiger partial charge in [-0.2, -0.15) is 0 Å². The summed E-state index contributed by atoms with van der Waals surface area (Å²) in [6.07, 6.45) is 0. The van der Waals surface area contributed by atoms with E-state index in [1.165, 1.54) is 22.4 Å². The van der Waals surface area contributed by atoms with Crippen molar-refractivity contribution in [3.05, 3.63) is 157 Å². The van der Waals surface area contributed by atoms with Crippen molar-refractivity contribution in [3.8, 4) is 44.9 Å². The van der Waals surface area contributed by atoms with E-state index < -0.39 is 0 Å². The molecule has 49 heavy (non-hydrogen) atoms. The molecule has 0 aliphatic carbocycles. The van der Waals surface area contributed by atoms with Gasteiger partial charge in [-0.3, -0.25) is 0 Å². The molecule has 5 heteroatoms. The fourth-order valence-corrected chi connectivity index (χ4v) is 8.20. The van der Waals surface area contributed by atoms with Crippen molar-refractivity contribution in [2.75, 3.05) is 0 Å². The van der Waals surface area contributed by atoms with Crippen molar-refractivity contribution in [1.29, 1.82) is 0 Å². The van der Waals surface area contributed by atoms with E-state index in [1.807, 2.05) is 42.5 Å². The van der Waals surface area contributed by atoms with Gasteiger partial charge in [0.1, 0.15) is 17.0 Å². The molecular formula is C44H25FN2OS. The number of hydrogen-bond donors (Lipinski definition) is 0. The Bertz CT molecular complexity index is 2870. The highest BCUT2D eigenvalue weighted by molar-refractivity contribution is 7.26. The first-order chi connectivity index (χ1) is 24.2. The number of aromatic nitrogens is 2. The van der Waals surface area contributed by atoms with Crippen molar-refractivity contribution in [1.82, 2.24) is 9.97 Å². The molecule has 0 saturated carbocycles. The second kappa shape index (κ2) is 10.9. The lowest BCUT2D eigenvalue weighted by molar-refractivity contribution is 0.628. The molecule has 0 unspecified atom stereocenters. The molecule has 0 aliphatic rings. The predicted octanol–water partition coefficient (Wildman–Crippen LogP) is 12.7. The molecule has 3 aromatic heterocycles. The van der Waals surface area contributed by atoms with Crippen molar-refractivity contribution in [3.63, 3.8) is 0 Å². The lowest BCUT2D eigenvalue weighted by Gasteiger charge is -2.10. The second-order valence-corrected chi connectivity index (χ2v) is 13.3. The molecule has 0 aliphatic heterocycles. The van der Waals surface area contributed by atoms with Crippen molar-refractivity contribution < 1.29 is 8.81 Å². The topological polar surface area (TPSA) is 38.9 Å². The molecule has 0 N–H and O–H groups in total. The highest BCUT2D eigenvalue weighted by Gasteiger charge is 2.22. The Kier molecular flexibility index (Phi) is 6.23. The van der Waals surface area contributed by atoms with Gasteiger partial charge in [0.2, 0.25) is 0 Å². The number of thiophene rings is 1. The van der Waals surface area contributed by atoms with Crippen LogP contribution in [0, 0.1) is 5.82 Å². The number of nitrogens with zero attached hydrogens (tertiary/aromatic N) is 2. The molecular weight excluding hydrogens is 624 g/mol. The summed E-state index contributed by atoms with van der Waals surface area (Å²) in [4.78, 5) is 10.5. The van der Waals surface area contributed by atoms with Crippen molar-refractivity contribution >= 4 is 64.4 Å². The van der Waals surface area contributed by atoms with Gasteiger partial charge in [-0.25, -0.2) is 14.4 Å². The summed E-state index contributed by atoms with van der Waals surface area (Å²) in [7, 11) is 0. The normalized spacial score (nSPS) is 11.8. The van der Waals surface area contributed by atoms with Gasteiger partial charge in [-0.05, 0) is 58.0 Å². The summed E-state index contributed by atoms with van der Waals surface area (Å²) < 4.78 is 22.9. The van der Waals surface area contributed by atoms with Gasteiger partial charge in [0, 0.05) is 37.4 Å². The summed E-state index contributed by atoms with van der Waals surface area (Å²) >= 11 is 1.72. The van der Waals surface area contributed by atoms with Crippen LogP contribution in [-0.4, -0.2) is 9.97 Å². The van der Waals surface area contributed by atoms with Gasteiger partial charge in [-0.15, -0.1) is 11.3 Å². The molecule has 3 nitrogen and oxygen atoms in total. The van der Waals surface area contributed by atoms with E-state index in [4.69, 9.17) is 14.4 Å². The maximum Gasteiger partial charge on any atom is 0.160 e. The van der Waals surface area contributed by atoms with Gasteiger partial charge in [0.25, 0.3) is 0 Å². The lowest BCUT2D eigenvalue weighted by Crippen LogP contribution is -1.94. The average Bonchev–Trinajstić information content (AvgIpc) is 3.74. The molecule has 0 atom stereocenters. The first-order valence-corrected chi connectivity index (χ1v) is 17.0. The summed E-state index contributed by atoms with van der Waals surface area (Å²) in [5.74, 6) is 0.416. The SMILES string of the molecule is Fc1ccc(-c2cc3c(oc4cccc(-c5nc(-c6ccc(-c7ccccc7)cc6)nc6c5sc5ccccc56)c43)c3ccccc23)cc1. The quantitative estimate of drug-likeness (QED) is 0.191. The first-order valence-electron chi connectivity index (χ1n) is 16.2. The molecule has 0 radical (unpaired) electrons. The monoisotopic (exact) mass is 648 g/mol. The summed E-state index contributed by atoms with van der Waals surface area (Å²) in [5, 5.41) is 5.16. The van der Waals surface area contributed by atoms with Crippen LogP contribution in [0.2, 0.25) is 0 Å². The molecule has 230 valence electrons. The van der Waals surface area contributed by atoms with E-state index in [0.29, 0.717) is 5.82 Å². The first kappa shape index (κ1) is 27.9. The van der Waals surface area contributed by atoms with E-state index in [1.54, 1.807) is 11.3 Å². The average molecular weight is 649 g/mol. The zero-order chi connectivity index (χ0) is 32.5. The van der Waals surface area contributed by atoms with Crippen LogP contribution in [0.25, 0.3) is 97.9 Å². The van der Waals surface area contributed by atoms with Crippen LogP contribution >= 0.6 is 11.3 Å². The van der Waals surface area contributed by atoms with Crippen LogP contribution in [-0.2, 0) is 0 Å². The fraction of sp³-hybridized carbons (Fsp3) is 0. The third kappa shape index (κ3) is 4.47. The molecule has 3 heterocycles. The molecule has 0 saturated heterocycles. The third-order valence-corrected chi connectivity index (χ3v) is 10.5. The van der Waals surface area contributed by atoms with E-state index in [0.717, 1.165) is 81.8 Å². The Morgan fingerprint density at radius 3 is 2.00 bits per heavy atom. The molecule has 10 aromatic rings. The molecule has 0 bridgehead atoms. The number of benzene rings is 7. The molecule has 0 amide bonds. The summed E-state index contributed by atoms with van der Waals surface area (Å²) in [6.45, 7) is 0. The number of hydrogen-bond acceptors (Lipinski definition) is 4. The fourth-order valence-electron chi connectivity index (χ4n) is 7.06. The van der Waals surface area contributed by atoms with Gasteiger partial charge in [0.05, 0.1) is 15.9 Å². The van der Waals surface area contributed by atoms with Gasteiger partial charge in [0.15, 0.2) is 5.82 Å². The largest absolute Gasteiger partial charge is 0.455 e. The van der Waals surface area contributed by atoms with Gasteiger partial charge < -0.3 is 4.42 Å². The maximum absolute atomic E-state index is 14.0. The summed E-state index contributed by atoms with van der Waals surface area (Å²) in [5.41, 5.74) is 9.64. The zero-order valence-corrected chi connectivity index (χ0v) is 26.8. The minimum absolute atomic E-state index is 0.258. The Labute approximate surface area is 284 Å². The van der Waals surface area contributed by atoms with E-state index in [-0.39, 0.29) is 5.82 Å². The molecule has 0 spiro atoms. The van der Waals surface area contributed by atoms with Crippen LogP contribution in [0.3, 0.4) is 0 Å². The Morgan fingerprint density at radius 1 is 0.510 bits per heavy atom. The zero-order valence-electron chi connectivity index (χ0n) is 26.0. The molecule has 10 rings (SSSR count). The second-order valence-electron chi connectivity index (χ2n) is 12.2. The van der Waals surface area contributed by atoms with Crippen LogP contribution in [0.5, 0.6) is 0 Å². The van der Waals surface area contributed by atoms with Crippen molar-refractivity contribution in [2.24, 2.45) is 0 Å². The van der Waals surface area contributed by atoms with E-state index in [2.05, 4.69) is 97.1 Å². The summed E-state index contributed by atoms with van der Waals surface area (Å²) in [6, 6.07) is 50.6. The van der Waals surface area contributed by atoms with Gasteiger partial charge in [-0.1, -0.05) is 121 Å². The Morgan fingerprint density at radius 2 is 1.18 bits per heavy atom. The molecule has 7 aromatic carbocycles. The molecule has 0 fully saturated rings. The number of rotatable bonds is 4. The maximum atomic E-state index is 14.0. The number of fused-ring (bicyclic) bond motifs is 8. The highest BCUT2D eigenvalue weighted by Crippen LogP contribution is 2.46. The van der Waals surface area contributed by atoms with Crippen LogP contribution < -0.4 is 0 Å². The lowest BCUT2D eigenvalue weighted by atomic mass is 9.94. The van der Waals surface area contributed by atoms with Crippen LogP contribution in [0.1, 0.15) is 0 Å². The Hall–Kier alpha value is -6.17.